The Bertz CT molecular complexity index is 1170. The Morgan fingerprint density at radius 2 is 1.56 bits per heavy atom. The molecule has 0 aliphatic heterocycles. The quantitative estimate of drug-likeness (QED) is 0.588. The number of aromatic amines is 3. The maximum Gasteiger partial charge on any atom is 0.272 e. The molecule has 3 rings (SSSR count). The number of methoxy groups -OCH3 is 2. The second kappa shape index (κ2) is 7.77. The average Bonchev–Trinajstić information content (AvgIpc) is 3.12. The third-order valence-corrected chi connectivity index (χ3v) is 4.06. The zero-order valence-electron chi connectivity index (χ0n) is 15.3. The number of ether oxygens (including phenoxy) is 2. The Morgan fingerprint density at radius 3 is 2.11 bits per heavy atom. The molecule has 0 bridgehead atoms. The molecule has 3 N–H and O–H groups in total. The molecule has 2 aromatic heterocycles. The molecule has 0 unspecified atom stereocenters. The third-order valence-electron chi connectivity index (χ3n) is 4.06. The van der Waals surface area contributed by atoms with E-state index in [-0.39, 0.29) is 10.7 Å². The van der Waals surface area contributed by atoms with Gasteiger partial charge in [-0.1, -0.05) is 6.92 Å². The van der Waals surface area contributed by atoms with Crippen molar-refractivity contribution in [1.82, 2.24) is 19.9 Å². The molecule has 0 fully saturated rings. The summed E-state index contributed by atoms with van der Waals surface area (Å²) in [4.78, 5) is 37.2. The summed E-state index contributed by atoms with van der Waals surface area (Å²) in [5.41, 5.74) is 1.32. The number of nitrogens with zero attached hydrogens (tertiary/aromatic N) is 1. The van der Waals surface area contributed by atoms with Gasteiger partial charge in [0.1, 0.15) is 22.2 Å². The van der Waals surface area contributed by atoms with E-state index in [2.05, 4.69) is 19.9 Å². The SMILES string of the molecule is CCc1[nH]cnc1/C=c1\[nH]c(=O)/c(=C/c2cc(OC)cc(OC)c2)[nH]c1=O. The van der Waals surface area contributed by atoms with Crippen molar-refractivity contribution in [3.05, 3.63) is 72.9 Å². The lowest BCUT2D eigenvalue weighted by molar-refractivity contribution is 0.394. The molecule has 8 nitrogen and oxygen atoms in total. The summed E-state index contributed by atoms with van der Waals surface area (Å²) < 4.78 is 10.4. The van der Waals surface area contributed by atoms with E-state index >= 15 is 0 Å². The molecule has 3 aromatic rings. The summed E-state index contributed by atoms with van der Waals surface area (Å²) in [6, 6.07) is 5.19. The molecule has 0 saturated carbocycles. The lowest BCUT2D eigenvalue weighted by atomic mass is 10.2. The molecule has 0 radical (unpaired) electrons. The van der Waals surface area contributed by atoms with Crippen molar-refractivity contribution in [2.75, 3.05) is 14.2 Å². The first kappa shape index (κ1) is 18.2. The van der Waals surface area contributed by atoms with Crippen molar-refractivity contribution in [2.45, 2.75) is 13.3 Å². The van der Waals surface area contributed by atoms with Crippen molar-refractivity contribution >= 4 is 12.2 Å². The molecule has 0 aliphatic rings. The Labute approximate surface area is 154 Å². The molecule has 0 atom stereocenters. The summed E-state index contributed by atoms with van der Waals surface area (Å²) in [6.45, 7) is 1.97. The van der Waals surface area contributed by atoms with Gasteiger partial charge in [-0.05, 0) is 36.3 Å². The number of imidazole rings is 1. The summed E-state index contributed by atoms with van der Waals surface area (Å²) in [5.74, 6) is 1.16. The fourth-order valence-electron chi connectivity index (χ4n) is 2.65. The fraction of sp³-hybridized carbons (Fsp3) is 0.211. The van der Waals surface area contributed by atoms with Crippen molar-refractivity contribution < 1.29 is 9.47 Å². The van der Waals surface area contributed by atoms with Crippen LogP contribution in [0.1, 0.15) is 23.9 Å². The number of aromatic nitrogens is 4. The van der Waals surface area contributed by atoms with Crippen LogP contribution in [0.5, 0.6) is 11.5 Å². The first-order chi connectivity index (χ1) is 13.0. The lowest BCUT2D eigenvalue weighted by Crippen LogP contribution is -2.46. The number of hydrogen-bond donors (Lipinski definition) is 3. The Morgan fingerprint density at radius 1 is 0.963 bits per heavy atom. The molecule has 140 valence electrons. The van der Waals surface area contributed by atoms with Crippen molar-refractivity contribution in [1.29, 1.82) is 0 Å². The van der Waals surface area contributed by atoms with E-state index < -0.39 is 11.1 Å². The number of nitrogens with one attached hydrogen (secondary N) is 3. The second-order valence-corrected chi connectivity index (χ2v) is 5.79. The number of H-pyrrole nitrogens is 3. The maximum absolute atomic E-state index is 12.4. The normalized spacial score (nSPS) is 12.4. The molecular weight excluding hydrogens is 348 g/mol. The van der Waals surface area contributed by atoms with E-state index in [1.54, 1.807) is 36.7 Å². The van der Waals surface area contributed by atoms with Crippen LogP contribution in [0, 0.1) is 0 Å². The molecule has 8 heteroatoms. The topological polar surface area (TPSA) is 113 Å². The van der Waals surface area contributed by atoms with Crippen molar-refractivity contribution in [3.63, 3.8) is 0 Å². The molecule has 0 saturated heterocycles. The molecule has 2 heterocycles. The highest BCUT2D eigenvalue weighted by Gasteiger charge is 2.04. The van der Waals surface area contributed by atoms with Gasteiger partial charge in [0, 0.05) is 11.8 Å². The Kier molecular flexibility index (Phi) is 5.25. The van der Waals surface area contributed by atoms with Gasteiger partial charge in [-0.3, -0.25) is 9.59 Å². The molecule has 27 heavy (non-hydrogen) atoms. The summed E-state index contributed by atoms with van der Waals surface area (Å²) in [5, 5.41) is 0.271. The number of benzene rings is 1. The van der Waals surface area contributed by atoms with E-state index in [0.717, 1.165) is 12.1 Å². The minimum Gasteiger partial charge on any atom is -0.497 e. The zero-order chi connectivity index (χ0) is 19.4. The van der Waals surface area contributed by atoms with Crippen LogP contribution in [-0.2, 0) is 6.42 Å². The minimum atomic E-state index is -0.420. The largest absolute Gasteiger partial charge is 0.497 e. The number of hydrogen-bond acceptors (Lipinski definition) is 5. The molecule has 0 amide bonds. The standard InChI is InChI=1S/C19H20N4O4/c1-4-14-15(21-10-20-14)9-17-19(25)22-16(18(24)23-17)7-11-5-12(26-2)8-13(6-11)27-3/h5-10H,4H2,1-3H3,(H,20,21)(H,22,25)(H,23,24)/b16-7-,17-9-. The monoisotopic (exact) mass is 368 g/mol. The Balaban J connectivity index is 2.12. The second-order valence-electron chi connectivity index (χ2n) is 5.79. The highest BCUT2D eigenvalue weighted by molar-refractivity contribution is 5.54. The van der Waals surface area contributed by atoms with Gasteiger partial charge < -0.3 is 24.4 Å². The molecular formula is C19H20N4O4. The van der Waals surface area contributed by atoms with Crippen LogP contribution in [0.3, 0.4) is 0 Å². The van der Waals surface area contributed by atoms with Gasteiger partial charge in [-0.15, -0.1) is 0 Å². The number of rotatable bonds is 5. The van der Waals surface area contributed by atoms with Gasteiger partial charge in [-0.2, -0.15) is 0 Å². The van der Waals surface area contributed by atoms with E-state index in [1.807, 2.05) is 6.92 Å². The molecule has 0 spiro atoms. The fourth-order valence-corrected chi connectivity index (χ4v) is 2.65. The van der Waals surface area contributed by atoms with Gasteiger partial charge in [0.25, 0.3) is 11.1 Å². The van der Waals surface area contributed by atoms with Gasteiger partial charge in [0.2, 0.25) is 0 Å². The highest BCUT2D eigenvalue weighted by atomic mass is 16.5. The van der Waals surface area contributed by atoms with E-state index in [1.165, 1.54) is 14.2 Å². The number of aryl methyl sites for hydroxylation is 1. The third kappa shape index (κ3) is 4.00. The first-order valence-corrected chi connectivity index (χ1v) is 8.35. The highest BCUT2D eigenvalue weighted by Crippen LogP contribution is 2.22. The van der Waals surface area contributed by atoms with Crippen LogP contribution in [0.4, 0.5) is 0 Å². The maximum atomic E-state index is 12.4. The van der Waals surface area contributed by atoms with Crippen LogP contribution in [0.2, 0.25) is 0 Å². The van der Waals surface area contributed by atoms with Crippen LogP contribution in [0.25, 0.3) is 12.2 Å². The first-order valence-electron chi connectivity index (χ1n) is 8.35. The summed E-state index contributed by atoms with van der Waals surface area (Å²) in [7, 11) is 3.08. The Hall–Kier alpha value is -3.55. The van der Waals surface area contributed by atoms with Crippen LogP contribution in [-0.4, -0.2) is 34.2 Å². The van der Waals surface area contributed by atoms with E-state index in [9.17, 15) is 9.59 Å². The predicted octanol–water partition coefficient (Wildman–Crippen LogP) is 0.0235. The summed E-state index contributed by atoms with van der Waals surface area (Å²) in [6.07, 6.45) is 5.39. The van der Waals surface area contributed by atoms with Gasteiger partial charge >= 0.3 is 0 Å². The van der Waals surface area contributed by atoms with Crippen LogP contribution >= 0.6 is 0 Å². The summed E-state index contributed by atoms with van der Waals surface area (Å²) >= 11 is 0. The predicted molar refractivity (Wildman–Crippen MR) is 102 cm³/mol. The molecule has 1 aromatic carbocycles. The van der Waals surface area contributed by atoms with Crippen molar-refractivity contribution in [2.24, 2.45) is 0 Å². The van der Waals surface area contributed by atoms with Gasteiger partial charge in [0.15, 0.2) is 0 Å². The molecule has 0 aliphatic carbocycles. The smallest absolute Gasteiger partial charge is 0.272 e. The average molecular weight is 368 g/mol. The lowest BCUT2D eigenvalue weighted by Gasteiger charge is -2.05. The minimum absolute atomic E-state index is 0.130. The van der Waals surface area contributed by atoms with Gasteiger partial charge in [-0.25, -0.2) is 4.98 Å². The van der Waals surface area contributed by atoms with Crippen molar-refractivity contribution in [3.8, 4) is 11.5 Å². The van der Waals surface area contributed by atoms with Crippen LogP contribution < -0.4 is 31.3 Å². The van der Waals surface area contributed by atoms with Crippen LogP contribution in [0.15, 0.2) is 34.1 Å². The van der Waals surface area contributed by atoms with E-state index in [0.29, 0.717) is 22.8 Å². The zero-order valence-corrected chi connectivity index (χ0v) is 15.3. The van der Waals surface area contributed by atoms with Gasteiger partial charge in [0.05, 0.1) is 26.2 Å². The van der Waals surface area contributed by atoms with E-state index in [4.69, 9.17) is 9.47 Å².